The standard InChI is InChI=1S/C14H17BrI.BrH/c15-13(10-12-6-4-5-7-12)11-16-14-8-2-1-3-9-14;/h1-3,8-9,11-12H,4-7,10H2;1H/q+1;/p-1/b13-11-;. The van der Waals surface area contributed by atoms with Crippen molar-refractivity contribution >= 4 is 15.9 Å². The molecule has 0 spiro atoms. The highest BCUT2D eigenvalue weighted by Crippen LogP contribution is 2.31. The van der Waals surface area contributed by atoms with Crippen LogP contribution in [0.3, 0.4) is 0 Å². The van der Waals surface area contributed by atoms with Crippen LogP contribution in [0, 0.1) is 9.49 Å². The van der Waals surface area contributed by atoms with Gasteiger partial charge in [-0.05, 0) is 24.5 Å². The molecule has 0 saturated heterocycles. The van der Waals surface area contributed by atoms with Gasteiger partial charge in [0.15, 0.2) is 7.65 Å². The highest BCUT2D eigenvalue weighted by molar-refractivity contribution is 9.11. The average Bonchev–Trinajstić information content (AvgIpc) is 2.81. The van der Waals surface area contributed by atoms with E-state index in [0.717, 1.165) is 5.92 Å². The third-order valence-corrected chi connectivity index (χ3v) is 6.90. The minimum absolute atomic E-state index is 0. The van der Waals surface area contributed by atoms with Crippen molar-refractivity contribution in [2.24, 2.45) is 5.92 Å². The first-order valence-electron chi connectivity index (χ1n) is 5.87. The van der Waals surface area contributed by atoms with Crippen LogP contribution in [-0.4, -0.2) is 0 Å². The summed E-state index contributed by atoms with van der Waals surface area (Å²) in [7, 11) is 0. The van der Waals surface area contributed by atoms with Crippen LogP contribution in [0.15, 0.2) is 38.9 Å². The maximum atomic E-state index is 3.73. The quantitative estimate of drug-likeness (QED) is 0.482. The molecule has 0 N–H and O–H groups in total. The molecule has 0 heterocycles. The molecule has 0 atom stereocenters. The van der Waals surface area contributed by atoms with Gasteiger partial charge in [0, 0.05) is 4.48 Å². The van der Waals surface area contributed by atoms with Crippen molar-refractivity contribution in [3.05, 3.63) is 42.5 Å². The van der Waals surface area contributed by atoms with E-state index >= 15 is 0 Å². The zero-order valence-corrected chi connectivity index (χ0v) is 15.0. The van der Waals surface area contributed by atoms with E-state index in [0.29, 0.717) is 0 Å². The van der Waals surface area contributed by atoms with Gasteiger partial charge in [0.05, 0.1) is 0 Å². The smallest absolute Gasteiger partial charge is 0.350 e. The number of allylic oxidation sites excluding steroid dienone is 1. The highest BCUT2D eigenvalue weighted by Gasteiger charge is 2.17. The molecule has 1 fully saturated rings. The van der Waals surface area contributed by atoms with E-state index < -0.39 is 0 Å². The summed E-state index contributed by atoms with van der Waals surface area (Å²) in [4.78, 5) is 0. The summed E-state index contributed by atoms with van der Waals surface area (Å²) in [6, 6.07) is 10.8. The normalized spacial score (nSPS) is 16.9. The first kappa shape index (κ1) is 15.7. The topological polar surface area (TPSA) is 0 Å². The largest absolute Gasteiger partial charge is 1.00 e. The Labute approximate surface area is 133 Å². The zero-order valence-electron chi connectivity index (χ0n) is 9.71. The number of rotatable bonds is 4. The van der Waals surface area contributed by atoms with E-state index in [-0.39, 0.29) is 38.2 Å². The number of halogens is 3. The number of hydrogen-bond donors (Lipinski definition) is 0. The summed E-state index contributed by atoms with van der Waals surface area (Å²) in [5.41, 5.74) is 0. The molecule has 1 aliphatic carbocycles. The average molecular weight is 472 g/mol. The second kappa shape index (κ2) is 8.70. The molecule has 0 nitrogen and oxygen atoms in total. The minimum Gasteiger partial charge on any atom is -1.00 e. The molecule has 0 aromatic heterocycles. The van der Waals surface area contributed by atoms with Crippen molar-refractivity contribution in [1.82, 2.24) is 0 Å². The Bertz CT molecular complexity index is 342. The van der Waals surface area contributed by atoms with Gasteiger partial charge in [0.25, 0.3) is 0 Å². The molecule has 1 aromatic carbocycles. The molecule has 2 rings (SSSR count). The first-order chi connectivity index (χ1) is 7.84. The SMILES string of the molecule is Br/C(=C\[I+]c1ccccc1)CC1CCCC1.[Br-]. The Balaban J connectivity index is 0.00000144. The van der Waals surface area contributed by atoms with Gasteiger partial charge < -0.3 is 17.0 Å². The van der Waals surface area contributed by atoms with Gasteiger partial charge in [-0.15, -0.1) is 0 Å². The second-order valence-electron chi connectivity index (χ2n) is 4.32. The Morgan fingerprint density at radius 1 is 1.24 bits per heavy atom. The summed E-state index contributed by atoms with van der Waals surface area (Å²) in [5.74, 6) is 0.949. The van der Waals surface area contributed by atoms with Gasteiger partial charge in [-0.25, -0.2) is 0 Å². The molecule has 17 heavy (non-hydrogen) atoms. The lowest BCUT2D eigenvalue weighted by molar-refractivity contribution is -0.557. The predicted octanol–water partition coefficient (Wildman–Crippen LogP) is -1.23. The van der Waals surface area contributed by atoms with Crippen molar-refractivity contribution in [3.63, 3.8) is 0 Å². The summed E-state index contributed by atoms with van der Waals surface area (Å²) in [6.45, 7) is 0. The van der Waals surface area contributed by atoms with E-state index in [1.807, 2.05) is 0 Å². The van der Waals surface area contributed by atoms with Crippen LogP contribution in [0.2, 0.25) is 0 Å². The lowest BCUT2D eigenvalue weighted by Gasteiger charge is -2.04. The van der Waals surface area contributed by atoms with Crippen LogP contribution < -0.4 is 38.2 Å². The maximum Gasteiger partial charge on any atom is 0.350 e. The lowest BCUT2D eigenvalue weighted by Crippen LogP contribution is -3.59. The fraction of sp³-hybridized carbons (Fsp3) is 0.429. The molecular formula is C14H17Br2I. The summed E-state index contributed by atoms with van der Waals surface area (Å²) in [5, 5.41) is 0. The Morgan fingerprint density at radius 2 is 1.88 bits per heavy atom. The van der Waals surface area contributed by atoms with Crippen LogP contribution >= 0.6 is 15.9 Å². The van der Waals surface area contributed by atoms with Gasteiger partial charge >= 0.3 is 21.2 Å². The lowest BCUT2D eigenvalue weighted by atomic mass is 10.1. The Kier molecular flexibility index (Phi) is 8.04. The Hall–Kier alpha value is 0.650. The molecular weight excluding hydrogens is 455 g/mol. The van der Waals surface area contributed by atoms with Crippen molar-refractivity contribution in [2.75, 3.05) is 0 Å². The third kappa shape index (κ3) is 5.88. The number of hydrogen-bond acceptors (Lipinski definition) is 0. The first-order valence-corrected chi connectivity index (χ1v) is 8.99. The predicted molar refractivity (Wildman–Crippen MR) is 68.7 cm³/mol. The van der Waals surface area contributed by atoms with Crippen molar-refractivity contribution in [1.29, 1.82) is 0 Å². The van der Waals surface area contributed by atoms with E-state index in [1.165, 1.54) is 40.2 Å². The third-order valence-electron chi connectivity index (χ3n) is 2.99. The van der Waals surface area contributed by atoms with Gasteiger partial charge in [0.1, 0.15) is 0 Å². The Morgan fingerprint density at radius 3 is 2.53 bits per heavy atom. The van der Waals surface area contributed by atoms with Crippen molar-refractivity contribution in [2.45, 2.75) is 32.1 Å². The van der Waals surface area contributed by atoms with Gasteiger partial charge in [-0.3, -0.25) is 0 Å². The molecule has 0 amide bonds. The molecule has 3 heteroatoms. The second-order valence-corrected chi connectivity index (χ2v) is 7.83. The van der Waals surface area contributed by atoms with Crippen molar-refractivity contribution in [3.8, 4) is 0 Å². The fourth-order valence-corrected chi connectivity index (χ4v) is 4.96. The van der Waals surface area contributed by atoms with Gasteiger partial charge in [0.2, 0.25) is 0 Å². The highest BCUT2D eigenvalue weighted by atomic mass is 127. The van der Waals surface area contributed by atoms with Crippen LogP contribution in [0.5, 0.6) is 0 Å². The van der Waals surface area contributed by atoms with Crippen LogP contribution in [0.4, 0.5) is 0 Å². The summed E-state index contributed by atoms with van der Waals surface area (Å²) < 4.78 is 5.38. The van der Waals surface area contributed by atoms with E-state index in [1.54, 1.807) is 0 Å². The molecule has 0 radical (unpaired) electrons. The van der Waals surface area contributed by atoms with Crippen molar-refractivity contribution < 1.29 is 38.2 Å². The molecule has 1 saturated carbocycles. The van der Waals surface area contributed by atoms with Gasteiger partial charge in [-0.2, -0.15) is 0 Å². The summed E-state index contributed by atoms with van der Waals surface area (Å²) in [6.07, 6.45) is 7.03. The van der Waals surface area contributed by atoms with Crippen LogP contribution in [0.1, 0.15) is 32.1 Å². The molecule has 94 valence electrons. The van der Waals surface area contributed by atoms with E-state index in [4.69, 9.17) is 0 Å². The van der Waals surface area contributed by atoms with E-state index in [9.17, 15) is 0 Å². The zero-order chi connectivity index (χ0) is 11.2. The van der Waals surface area contributed by atoms with E-state index in [2.05, 4.69) is 50.3 Å². The molecule has 1 aliphatic rings. The maximum absolute atomic E-state index is 3.73. The van der Waals surface area contributed by atoms with Crippen LogP contribution in [-0.2, 0) is 0 Å². The summed E-state index contributed by atoms with van der Waals surface area (Å²) >= 11 is 3.79. The monoisotopic (exact) mass is 470 g/mol. The fourth-order valence-electron chi connectivity index (χ4n) is 2.14. The molecule has 1 aromatic rings. The minimum atomic E-state index is 0. The number of benzene rings is 1. The van der Waals surface area contributed by atoms with Gasteiger partial charge in [-0.1, -0.05) is 59.8 Å². The molecule has 0 unspecified atom stereocenters. The van der Waals surface area contributed by atoms with Crippen LogP contribution in [0.25, 0.3) is 0 Å². The molecule has 0 bridgehead atoms. The molecule has 0 aliphatic heterocycles.